The monoisotopic (exact) mass is 365 g/mol. The highest BCUT2D eigenvalue weighted by Gasteiger charge is 2.16. The van der Waals surface area contributed by atoms with E-state index in [2.05, 4.69) is 5.32 Å². The fraction of sp³-hybridized carbons (Fsp3) is 0.143. The zero-order valence-electron chi connectivity index (χ0n) is 15.0. The van der Waals surface area contributed by atoms with Crippen molar-refractivity contribution in [2.45, 2.75) is 0 Å². The number of hydrogen-bond acceptors (Lipinski definition) is 5. The molecule has 6 nitrogen and oxygen atoms in total. The van der Waals surface area contributed by atoms with Gasteiger partial charge < -0.3 is 19.5 Å². The minimum absolute atomic E-state index is 0.219. The van der Waals surface area contributed by atoms with Crippen molar-refractivity contribution >= 4 is 28.3 Å². The largest absolute Gasteiger partial charge is 0.497 e. The van der Waals surface area contributed by atoms with Gasteiger partial charge in [0.05, 0.1) is 14.2 Å². The first kappa shape index (κ1) is 18.3. The number of nitrogens with one attached hydrogen (secondary N) is 1. The van der Waals surface area contributed by atoms with Gasteiger partial charge in [0.2, 0.25) is 0 Å². The third-order valence-electron chi connectivity index (χ3n) is 4.00. The summed E-state index contributed by atoms with van der Waals surface area (Å²) in [4.78, 5) is 24.3. The van der Waals surface area contributed by atoms with Gasteiger partial charge in [-0.1, -0.05) is 30.3 Å². The molecule has 0 aliphatic heterocycles. The second-order valence-electron chi connectivity index (χ2n) is 5.75. The van der Waals surface area contributed by atoms with Crippen LogP contribution in [0.5, 0.6) is 11.5 Å². The number of benzene rings is 3. The Hall–Kier alpha value is -3.54. The van der Waals surface area contributed by atoms with E-state index in [4.69, 9.17) is 14.2 Å². The van der Waals surface area contributed by atoms with Crippen LogP contribution in [0.1, 0.15) is 10.4 Å². The minimum Gasteiger partial charge on any atom is -0.497 e. The Balaban J connectivity index is 1.62. The maximum atomic E-state index is 12.2. The van der Waals surface area contributed by atoms with Crippen molar-refractivity contribution in [3.05, 3.63) is 66.2 Å². The van der Waals surface area contributed by atoms with Crippen LogP contribution in [0.2, 0.25) is 0 Å². The second kappa shape index (κ2) is 8.23. The SMILES string of the molecule is COc1ccc(C(=O)OCC(=O)Nc2ccc3ccccc3c2)c(OC)c1. The molecule has 1 amide bonds. The van der Waals surface area contributed by atoms with E-state index in [1.54, 1.807) is 18.2 Å². The molecule has 0 heterocycles. The van der Waals surface area contributed by atoms with E-state index in [0.29, 0.717) is 17.2 Å². The molecule has 27 heavy (non-hydrogen) atoms. The molecule has 138 valence electrons. The lowest BCUT2D eigenvalue weighted by Gasteiger charge is -2.11. The summed E-state index contributed by atoms with van der Waals surface area (Å²) in [6.07, 6.45) is 0. The molecule has 0 aliphatic carbocycles. The molecule has 0 bridgehead atoms. The van der Waals surface area contributed by atoms with Crippen LogP contribution in [0.25, 0.3) is 10.8 Å². The topological polar surface area (TPSA) is 73.9 Å². The number of carbonyl (C=O) groups is 2. The number of anilines is 1. The van der Waals surface area contributed by atoms with Gasteiger partial charge in [0.1, 0.15) is 17.1 Å². The molecular formula is C21H19NO5. The molecule has 0 atom stereocenters. The predicted molar refractivity (Wildman–Crippen MR) is 102 cm³/mol. The normalized spacial score (nSPS) is 10.3. The molecule has 3 rings (SSSR count). The van der Waals surface area contributed by atoms with Crippen LogP contribution in [0.3, 0.4) is 0 Å². The smallest absolute Gasteiger partial charge is 0.342 e. The van der Waals surface area contributed by atoms with Gasteiger partial charge in [0, 0.05) is 11.8 Å². The van der Waals surface area contributed by atoms with Gasteiger partial charge in [-0.15, -0.1) is 0 Å². The quantitative estimate of drug-likeness (QED) is 0.675. The standard InChI is InChI=1S/C21H19NO5/c1-25-17-9-10-18(19(12-17)26-2)21(24)27-13-20(23)22-16-8-7-14-5-3-4-6-15(14)11-16/h3-12H,13H2,1-2H3,(H,22,23). The number of fused-ring (bicyclic) bond motifs is 1. The third kappa shape index (κ3) is 4.36. The van der Waals surface area contributed by atoms with E-state index < -0.39 is 18.5 Å². The van der Waals surface area contributed by atoms with Crippen LogP contribution >= 0.6 is 0 Å². The Morgan fingerprint density at radius 3 is 2.41 bits per heavy atom. The molecule has 0 fully saturated rings. The molecule has 0 aromatic heterocycles. The van der Waals surface area contributed by atoms with Crippen LogP contribution in [0.15, 0.2) is 60.7 Å². The fourth-order valence-electron chi connectivity index (χ4n) is 2.64. The number of rotatable bonds is 6. The van der Waals surface area contributed by atoms with Crippen LogP contribution in [0.4, 0.5) is 5.69 Å². The van der Waals surface area contributed by atoms with E-state index in [-0.39, 0.29) is 5.56 Å². The van der Waals surface area contributed by atoms with Crippen molar-refractivity contribution in [1.29, 1.82) is 0 Å². The van der Waals surface area contributed by atoms with Gasteiger partial charge in [-0.3, -0.25) is 4.79 Å². The average molecular weight is 365 g/mol. The molecular weight excluding hydrogens is 346 g/mol. The Morgan fingerprint density at radius 1 is 0.889 bits per heavy atom. The van der Waals surface area contributed by atoms with E-state index in [0.717, 1.165) is 10.8 Å². The molecule has 0 saturated heterocycles. The van der Waals surface area contributed by atoms with Crippen molar-refractivity contribution in [2.24, 2.45) is 0 Å². The van der Waals surface area contributed by atoms with Gasteiger partial charge in [-0.2, -0.15) is 0 Å². The van der Waals surface area contributed by atoms with E-state index in [9.17, 15) is 9.59 Å². The van der Waals surface area contributed by atoms with Crippen molar-refractivity contribution in [3.8, 4) is 11.5 Å². The summed E-state index contributed by atoms with van der Waals surface area (Å²) in [5.41, 5.74) is 0.855. The fourth-order valence-corrected chi connectivity index (χ4v) is 2.64. The molecule has 3 aromatic rings. The zero-order chi connectivity index (χ0) is 19.2. The first-order valence-corrected chi connectivity index (χ1v) is 8.28. The number of hydrogen-bond donors (Lipinski definition) is 1. The maximum absolute atomic E-state index is 12.2. The second-order valence-corrected chi connectivity index (χ2v) is 5.75. The van der Waals surface area contributed by atoms with Crippen molar-refractivity contribution in [3.63, 3.8) is 0 Å². The average Bonchev–Trinajstić information content (AvgIpc) is 2.71. The summed E-state index contributed by atoms with van der Waals surface area (Å²) < 4.78 is 15.4. The molecule has 0 saturated carbocycles. The van der Waals surface area contributed by atoms with Crippen LogP contribution in [-0.4, -0.2) is 32.7 Å². The van der Waals surface area contributed by atoms with Crippen molar-refractivity contribution in [2.75, 3.05) is 26.1 Å². The number of amides is 1. The highest BCUT2D eigenvalue weighted by Crippen LogP contribution is 2.25. The first-order chi connectivity index (χ1) is 13.1. The summed E-state index contributed by atoms with van der Waals surface area (Å²) in [6.45, 7) is -0.402. The van der Waals surface area contributed by atoms with Gasteiger partial charge in [-0.05, 0) is 35.0 Å². The Labute approximate surface area is 156 Å². The molecule has 1 N–H and O–H groups in total. The summed E-state index contributed by atoms with van der Waals surface area (Å²) in [5.74, 6) is -0.207. The number of esters is 1. The lowest BCUT2D eigenvalue weighted by molar-refractivity contribution is -0.119. The van der Waals surface area contributed by atoms with Crippen molar-refractivity contribution in [1.82, 2.24) is 0 Å². The van der Waals surface area contributed by atoms with Gasteiger partial charge >= 0.3 is 5.97 Å². The Kier molecular flexibility index (Phi) is 5.56. The lowest BCUT2D eigenvalue weighted by atomic mass is 10.1. The summed E-state index contributed by atoms with van der Waals surface area (Å²) in [6, 6.07) is 18.1. The Morgan fingerprint density at radius 2 is 1.67 bits per heavy atom. The molecule has 6 heteroatoms. The lowest BCUT2D eigenvalue weighted by Crippen LogP contribution is -2.21. The van der Waals surface area contributed by atoms with Crippen LogP contribution in [-0.2, 0) is 9.53 Å². The summed E-state index contributed by atoms with van der Waals surface area (Å²) in [5, 5.41) is 4.81. The molecule has 0 spiro atoms. The van der Waals surface area contributed by atoms with Crippen molar-refractivity contribution < 1.29 is 23.8 Å². The first-order valence-electron chi connectivity index (χ1n) is 8.28. The highest BCUT2D eigenvalue weighted by atomic mass is 16.5. The number of carbonyl (C=O) groups excluding carboxylic acids is 2. The summed E-state index contributed by atoms with van der Waals surface area (Å²) in [7, 11) is 2.96. The highest BCUT2D eigenvalue weighted by molar-refractivity contribution is 5.98. The van der Waals surface area contributed by atoms with E-state index in [1.165, 1.54) is 20.3 Å². The van der Waals surface area contributed by atoms with E-state index >= 15 is 0 Å². The maximum Gasteiger partial charge on any atom is 0.342 e. The predicted octanol–water partition coefficient (Wildman–Crippen LogP) is 3.65. The molecule has 3 aromatic carbocycles. The third-order valence-corrected chi connectivity index (χ3v) is 4.00. The van der Waals surface area contributed by atoms with Gasteiger partial charge in [-0.25, -0.2) is 4.79 Å². The Bertz CT molecular complexity index is 983. The minimum atomic E-state index is -0.650. The van der Waals surface area contributed by atoms with E-state index in [1.807, 2.05) is 36.4 Å². The van der Waals surface area contributed by atoms with Gasteiger partial charge in [0.25, 0.3) is 5.91 Å². The van der Waals surface area contributed by atoms with Gasteiger partial charge in [0.15, 0.2) is 6.61 Å². The molecule has 0 radical (unpaired) electrons. The number of ether oxygens (including phenoxy) is 3. The molecule has 0 aliphatic rings. The summed E-state index contributed by atoms with van der Waals surface area (Å²) >= 11 is 0. The van der Waals surface area contributed by atoms with Crippen LogP contribution in [0, 0.1) is 0 Å². The van der Waals surface area contributed by atoms with Crippen LogP contribution < -0.4 is 14.8 Å². The zero-order valence-corrected chi connectivity index (χ0v) is 15.0. The number of methoxy groups -OCH3 is 2. The molecule has 0 unspecified atom stereocenters.